The molecule has 0 radical (unpaired) electrons. The summed E-state index contributed by atoms with van der Waals surface area (Å²) in [7, 11) is 0. The van der Waals surface area contributed by atoms with Crippen molar-refractivity contribution in [3.63, 3.8) is 0 Å². The van der Waals surface area contributed by atoms with E-state index in [2.05, 4.69) is 10.3 Å². The molecule has 0 bridgehead atoms. The number of hydrogen-bond donors (Lipinski definition) is 1. The lowest BCUT2D eigenvalue weighted by Crippen LogP contribution is -2.18. The highest BCUT2D eigenvalue weighted by molar-refractivity contribution is 8.00. The van der Waals surface area contributed by atoms with Crippen LogP contribution in [0.25, 0.3) is 11.3 Å². The molecule has 1 atom stereocenters. The molecule has 0 spiro atoms. The molecular weight excluding hydrogens is 455 g/mol. The quantitative estimate of drug-likeness (QED) is 0.295. The van der Waals surface area contributed by atoms with E-state index in [4.69, 9.17) is 23.2 Å². The van der Waals surface area contributed by atoms with Gasteiger partial charge in [0.1, 0.15) is 5.25 Å². The van der Waals surface area contributed by atoms with Crippen molar-refractivity contribution in [2.45, 2.75) is 10.1 Å². The highest BCUT2D eigenvalue weighted by atomic mass is 35.5. The van der Waals surface area contributed by atoms with Gasteiger partial charge in [0.2, 0.25) is 5.91 Å². The van der Waals surface area contributed by atoms with Crippen molar-refractivity contribution in [3.8, 4) is 11.3 Å². The summed E-state index contributed by atoms with van der Waals surface area (Å²) in [6.07, 6.45) is 0. The minimum absolute atomic E-state index is 0.120. The Labute approximate surface area is 193 Å². The average molecular weight is 471 g/mol. The van der Waals surface area contributed by atoms with Crippen molar-refractivity contribution in [2.24, 2.45) is 0 Å². The van der Waals surface area contributed by atoms with Gasteiger partial charge >= 0.3 is 0 Å². The van der Waals surface area contributed by atoms with Gasteiger partial charge in [0.25, 0.3) is 0 Å². The van der Waals surface area contributed by atoms with Crippen molar-refractivity contribution in [3.05, 3.63) is 99.9 Å². The smallest absolute Gasteiger partial charge is 0.244 e. The number of rotatable bonds is 6. The lowest BCUT2D eigenvalue weighted by atomic mass is 10.1. The van der Waals surface area contributed by atoms with Crippen LogP contribution in [0.2, 0.25) is 10.0 Å². The lowest BCUT2D eigenvalue weighted by Gasteiger charge is -2.16. The van der Waals surface area contributed by atoms with Crippen molar-refractivity contribution in [2.75, 3.05) is 5.32 Å². The van der Waals surface area contributed by atoms with Gasteiger partial charge in [-0.3, -0.25) is 4.79 Å². The predicted octanol–water partition coefficient (Wildman–Crippen LogP) is 7.59. The molecule has 0 aliphatic rings. The fourth-order valence-electron chi connectivity index (χ4n) is 2.83. The summed E-state index contributed by atoms with van der Waals surface area (Å²) >= 11 is 15.0. The Morgan fingerprint density at radius 2 is 1.63 bits per heavy atom. The largest absolute Gasteiger partial charge is 0.301 e. The Morgan fingerprint density at radius 1 is 0.933 bits per heavy atom. The van der Waals surface area contributed by atoms with Crippen LogP contribution in [0.15, 0.2) is 89.1 Å². The molecule has 0 saturated carbocycles. The van der Waals surface area contributed by atoms with E-state index in [1.54, 1.807) is 12.1 Å². The number of thiazole rings is 1. The number of carbonyl (C=O) groups excluding carboxylic acids is 1. The number of nitrogens with one attached hydrogen (secondary N) is 1. The molecule has 4 aromatic rings. The fourth-order valence-corrected chi connectivity index (χ4v) is 4.89. The molecule has 0 aliphatic heterocycles. The summed E-state index contributed by atoms with van der Waals surface area (Å²) in [6.45, 7) is 0. The minimum atomic E-state index is -0.397. The van der Waals surface area contributed by atoms with Gasteiger partial charge in [-0.1, -0.05) is 77.8 Å². The molecule has 1 heterocycles. The number of benzene rings is 3. The summed E-state index contributed by atoms with van der Waals surface area (Å²) in [5.41, 5.74) is 2.52. The van der Waals surface area contributed by atoms with E-state index in [1.165, 1.54) is 23.1 Å². The van der Waals surface area contributed by atoms with Crippen LogP contribution in [-0.2, 0) is 4.79 Å². The normalized spacial score (nSPS) is 11.8. The molecule has 30 heavy (non-hydrogen) atoms. The van der Waals surface area contributed by atoms with E-state index in [0.29, 0.717) is 15.2 Å². The van der Waals surface area contributed by atoms with E-state index in [9.17, 15) is 4.79 Å². The number of aromatic nitrogens is 1. The molecule has 1 amide bonds. The Kier molecular flexibility index (Phi) is 6.75. The molecule has 3 aromatic carbocycles. The van der Waals surface area contributed by atoms with E-state index in [0.717, 1.165) is 21.7 Å². The van der Waals surface area contributed by atoms with Gasteiger partial charge in [0.15, 0.2) is 5.13 Å². The molecule has 4 rings (SSSR count). The maximum absolute atomic E-state index is 13.2. The van der Waals surface area contributed by atoms with Crippen molar-refractivity contribution >= 4 is 57.3 Å². The first-order valence-electron chi connectivity index (χ1n) is 9.08. The average Bonchev–Trinajstić information content (AvgIpc) is 3.23. The Balaban J connectivity index is 1.55. The topological polar surface area (TPSA) is 42.0 Å². The van der Waals surface area contributed by atoms with Crippen LogP contribution in [0.5, 0.6) is 0 Å². The number of thioether (sulfide) groups is 1. The van der Waals surface area contributed by atoms with E-state index in [-0.39, 0.29) is 5.91 Å². The van der Waals surface area contributed by atoms with Gasteiger partial charge in [-0.15, -0.1) is 23.1 Å². The van der Waals surface area contributed by atoms with Gasteiger partial charge in [-0.2, -0.15) is 0 Å². The van der Waals surface area contributed by atoms with Crippen LogP contribution in [0, 0.1) is 0 Å². The Bertz CT molecular complexity index is 1150. The van der Waals surface area contributed by atoms with Crippen LogP contribution in [0.3, 0.4) is 0 Å². The van der Waals surface area contributed by atoms with Crippen LogP contribution < -0.4 is 5.32 Å². The highest BCUT2D eigenvalue weighted by Gasteiger charge is 2.23. The second-order valence-electron chi connectivity index (χ2n) is 6.38. The maximum Gasteiger partial charge on any atom is 0.244 e. The third-order valence-corrected chi connectivity index (χ3v) is 7.05. The minimum Gasteiger partial charge on any atom is -0.301 e. The standard InChI is InChI=1S/C23H16Cl2N2OS2/c24-18-12-11-16(13-19(18)25)20-14-29-23(26-20)27-22(28)21(15-7-3-1-4-8-15)30-17-9-5-2-6-10-17/h1-14,21H,(H,26,27,28). The number of carbonyl (C=O) groups is 1. The number of halogens is 2. The number of anilines is 1. The summed E-state index contributed by atoms with van der Waals surface area (Å²) in [5, 5.41) is 5.95. The summed E-state index contributed by atoms with van der Waals surface area (Å²) in [6, 6.07) is 25.0. The van der Waals surface area contributed by atoms with Crippen LogP contribution in [0.1, 0.15) is 10.8 Å². The lowest BCUT2D eigenvalue weighted by molar-refractivity contribution is -0.115. The molecule has 0 fully saturated rings. The summed E-state index contributed by atoms with van der Waals surface area (Å²) in [5.74, 6) is -0.120. The van der Waals surface area contributed by atoms with Gasteiger partial charge in [-0.05, 0) is 29.8 Å². The zero-order valence-corrected chi connectivity index (χ0v) is 18.7. The molecule has 1 N–H and O–H groups in total. The first-order chi connectivity index (χ1) is 14.6. The molecule has 150 valence electrons. The molecular formula is C23H16Cl2N2OS2. The van der Waals surface area contributed by atoms with E-state index >= 15 is 0 Å². The molecule has 0 saturated heterocycles. The molecule has 0 aliphatic carbocycles. The van der Waals surface area contributed by atoms with Crippen LogP contribution >= 0.6 is 46.3 Å². The highest BCUT2D eigenvalue weighted by Crippen LogP contribution is 2.37. The zero-order valence-electron chi connectivity index (χ0n) is 15.6. The van der Waals surface area contributed by atoms with Crippen LogP contribution in [0.4, 0.5) is 5.13 Å². The molecule has 1 aromatic heterocycles. The fraction of sp³-hybridized carbons (Fsp3) is 0.0435. The van der Waals surface area contributed by atoms with Gasteiger partial charge < -0.3 is 5.32 Å². The second kappa shape index (κ2) is 9.67. The van der Waals surface area contributed by atoms with E-state index < -0.39 is 5.25 Å². The third-order valence-electron chi connectivity index (χ3n) is 4.29. The monoisotopic (exact) mass is 470 g/mol. The first-order valence-corrected chi connectivity index (χ1v) is 11.6. The summed E-state index contributed by atoms with van der Waals surface area (Å²) < 4.78 is 0. The van der Waals surface area contributed by atoms with Crippen molar-refractivity contribution in [1.82, 2.24) is 4.98 Å². The molecule has 3 nitrogen and oxygen atoms in total. The number of hydrogen-bond acceptors (Lipinski definition) is 4. The zero-order chi connectivity index (χ0) is 20.9. The van der Waals surface area contributed by atoms with Crippen LogP contribution in [-0.4, -0.2) is 10.9 Å². The predicted molar refractivity (Wildman–Crippen MR) is 128 cm³/mol. The molecule has 1 unspecified atom stereocenters. The Morgan fingerprint density at radius 3 is 2.33 bits per heavy atom. The van der Waals surface area contributed by atoms with Gasteiger partial charge in [-0.25, -0.2) is 4.98 Å². The number of amides is 1. The SMILES string of the molecule is O=C(Nc1nc(-c2ccc(Cl)c(Cl)c2)cs1)C(Sc1ccccc1)c1ccccc1. The van der Waals surface area contributed by atoms with Crippen molar-refractivity contribution < 1.29 is 4.79 Å². The maximum atomic E-state index is 13.2. The second-order valence-corrected chi connectivity index (χ2v) is 9.23. The number of nitrogens with zero attached hydrogens (tertiary/aromatic N) is 1. The van der Waals surface area contributed by atoms with Gasteiger partial charge in [0, 0.05) is 15.8 Å². The van der Waals surface area contributed by atoms with Crippen molar-refractivity contribution in [1.29, 1.82) is 0 Å². The van der Waals surface area contributed by atoms with Gasteiger partial charge in [0.05, 0.1) is 15.7 Å². The summed E-state index contributed by atoms with van der Waals surface area (Å²) in [4.78, 5) is 18.7. The van der Waals surface area contributed by atoms with E-state index in [1.807, 2.05) is 72.1 Å². The first kappa shape index (κ1) is 20.9. The third kappa shape index (κ3) is 5.05. The molecule has 7 heteroatoms. The Hall–Kier alpha value is -2.31.